The third-order valence-electron chi connectivity index (χ3n) is 4.87. The molecule has 2 aromatic rings. The third-order valence-corrected chi connectivity index (χ3v) is 5.93. The van der Waals surface area contributed by atoms with Crippen LogP contribution >= 0.6 is 11.8 Å². The summed E-state index contributed by atoms with van der Waals surface area (Å²) in [6.45, 7) is 3.18. The Morgan fingerprint density at radius 3 is 2.92 bits per heavy atom. The number of thioether (sulfide) groups is 1. The SMILES string of the molecule is C[C@@H](Sc1nc2ccccc2c(=O)n1C1CC1)C(=O)NC[C@@H]1CCCO1. The van der Waals surface area contributed by atoms with Gasteiger partial charge in [0.2, 0.25) is 5.91 Å². The van der Waals surface area contributed by atoms with Crippen LogP contribution in [0.1, 0.15) is 38.6 Å². The minimum absolute atomic E-state index is 0.00689. The summed E-state index contributed by atoms with van der Waals surface area (Å²) in [6.07, 6.45) is 4.16. The molecule has 1 aliphatic heterocycles. The maximum absolute atomic E-state index is 12.9. The summed E-state index contributed by atoms with van der Waals surface area (Å²) < 4.78 is 7.32. The Balaban J connectivity index is 1.53. The van der Waals surface area contributed by atoms with E-state index in [1.54, 1.807) is 4.57 Å². The molecule has 1 amide bonds. The fourth-order valence-corrected chi connectivity index (χ4v) is 4.24. The van der Waals surface area contributed by atoms with Gasteiger partial charge in [0, 0.05) is 19.2 Å². The Bertz CT molecular complexity index is 872. The zero-order valence-electron chi connectivity index (χ0n) is 14.8. The molecule has 0 bridgehead atoms. The first-order chi connectivity index (χ1) is 12.6. The van der Waals surface area contributed by atoms with Gasteiger partial charge < -0.3 is 10.1 Å². The molecule has 1 aromatic heterocycles. The Labute approximate surface area is 156 Å². The van der Waals surface area contributed by atoms with Gasteiger partial charge in [-0.2, -0.15) is 0 Å². The minimum atomic E-state index is -0.325. The highest BCUT2D eigenvalue weighted by atomic mass is 32.2. The molecule has 1 aliphatic carbocycles. The predicted molar refractivity (Wildman–Crippen MR) is 102 cm³/mol. The van der Waals surface area contributed by atoms with Crippen LogP contribution in [0.15, 0.2) is 34.2 Å². The van der Waals surface area contributed by atoms with E-state index in [0.717, 1.165) is 32.3 Å². The van der Waals surface area contributed by atoms with E-state index < -0.39 is 0 Å². The fraction of sp³-hybridized carbons (Fsp3) is 0.526. The number of fused-ring (bicyclic) bond motifs is 1. The van der Waals surface area contributed by atoms with Crippen molar-refractivity contribution >= 4 is 28.6 Å². The zero-order valence-corrected chi connectivity index (χ0v) is 15.6. The Morgan fingerprint density at radius 2 is 2.19 bits per heavy atom. The number of nitrogens with zero attached hydrogens (tertiary/aromatic N) is 2. The van der Waals surface area contributed by atoms with Gasteiger partial charge in [-0.25, -0.2) is 4.98 Å². The van der Waals surface area contributed by atoms with Crippen molar-refractivity contribution in [3.63, 3.8) is 0 Å². The molecular formula is C19H23N3O3S. The van der Waals surface area contributed by atoms with Crippen molar-refractivity contribution in [3.05, 3.63) is 34.6 Å². The molecular weight excluding hydrogens is 350 g/mol. The van der Waals surface area contributed by atoms with Crippen molar-refractivity contribution in [3.8, 4) is 0 Å². The fourth-order valence-electron chi connectivity index (χ4n) is 3.24. The van der Waals surface area contributed by atoms with E-state index in [-0.39, 0.29) is 28.9 Å². The van der Waals surface area contributed by atoms with E-state index in [0.29, 0.717) is 22.6 Å². The van der Waals surface area contributed by atoms with Gasteiger partial charge >= 0.3 is 0 Å². The van der Waals surface area contributed by atoms with Gasteiger partial charge in [-0.1, -0.05) is 23.9 Å². The van der Waals surface area contributed by atoms with Crippen LogP contribution in [-0.4, -0.2) is 40.0 Å². The monoisotopic (exact) mass is 373 g/mol. The summed E-state index contributed by atoms with van der Waals surface area (Å²) >= 11 is 1.36. The lowest BCUT2D eigenvalue weighted by Gasteiger charge is -2.17. The number of hydrogen-bond acceptors (Lipinski definition) is 5. The second-order valence-corrected chi connectivity index (χ2v) is 8.27. The number of ether oxygens (including phenoxy) is 1. The molecule has 138 valence electrons. The van der Waals surface area contributed by atoms with Crippen molar-refractivity contribution in [1.29, 1.82) is 0 Å². The van der Waals surface area contributed by atoms with Crippen molar-refractivity contribution in [1.82, 2.24) is 14.9 Å². The Morgan fingerprint density at radius 1 is 1.38 bits per heavy atom. The lowest BCUT2D eigenvalue weighted by atomic mass is 10.2. The van der Waals surface area contributed by atoms with Crippen LogP contribution in [0.2, 0.25) is 0 Å². The van der Waals surface area contributed by atoms with Gasteiger partial charge in [-0.05, 0) is 44.7 Å². The number of rotatable bonds is 6. The second kappa shape index (κ2) is 7.40. The van der Waals surface area contributed by atoms with E-state index in [1.807, 2.05) is 31.2 Å². The van der Waals surface area contributed by atoms with Crippen molar-refractivity contribution < 1.29 is 9.53 Å². The van der Waals surface area contributed by atoms with Crippen LogP contribution in [0.25, 0.3) is 10.9 Å². The number of para-hydroxylation sites is 1. The van der Waals surface area contributed by atoms with Gasteiger partial charge in [0.05, 0.1) is 22.3 Å². The zero-order chi connectivity index (χ0) is 18.1. The highest BCUT2D eigenvalue weighted by Gasteiger charge is 2.30. The molecule has 6 nitrogen and oxygen atoms in total. The van der Waals surface area contributed by atoms with Crippen molar-refractivity contribution in [2.45, 2.75) is 55.2 Å². The van der Waals surface area contributed by atoms with Gasteiger partial charge in [-0.3, -0.25) is 14.2 Å². The summed E-state index contributed by atoms with van der Waals surface area (Å²) in [5, 5.41) is 3.91. The molecule has 0 spiro atoms. The third kappa shape index (κ3) is 3.64. The summed E-state index contributed by atoms with van der Waals surface area (Å²) in [4.78, 5) is 30.0. The van der Waals surface area contributed by atoms with E-state index >= 15 is 0 Å². The molecule has 2 aliphatic rings. The number of hydrogen-bond donors (Lipinski definition) is 1. The summed E-state index contributed by atoms with van der Waals surface area (Å²) in [5.41, 5.74) is 0.677. The topological polar surface area (TPSA) is 73.2 Å². The van der Waals surface area contributed by atoms with Crippen LogP contribution in [-0.2, 0) is 9.53 Å². The second-order valence-electron chi connectivity index (χ2n) is 6.96. The Kier molecular flexibility index (Phi) is 5.00. The molecule has 0 radical (unpaired) electrons. The lowest BCUT2D eigenvalue weighted by molar-refractivity contribution is -0.120. The number of aromatic nitrogens is 2. The summed E-state index contributed by atoms with van der Waals surface area (Å²) in [5.74, 6) is -0.0461. The minimum Gasteiger partial charge on any atom is -0.376 e. The van der Waals surface area contributed by atoms with Crippen LogP contribution in [0.4, 0.5) is 0 Å². The van der Waals surface area contributed by atoms with Gasteiger partial charge in [0.15, 0.2) is 5.16 Å². The number of carbonyl (C=O) groups is 1. The van der Waals surface area contributed by atoms with E-state index in [9.17, 15) is 9.59 Å². The van der Waals surface area contributed by atoms with Crippen LogP contribution in [0, 0.1) is 0 Å². The normalized spacial score (nSPS) is 21.0. The maximum atomic E-state index is 12.9. The molecule has 0 unspecified atom stereocenters. The first kappa shape index (κ1) is 17.5. The van der Waals surface area contributed by atoms with E-state index in [4.69, 9.17) is 4.74 Å². The molecule has 7 heteroatoms. The van der Waals surface area contributed by atoms with Gasteiger partial charge in [-0.15, -0.1) is 0 Å². The summed E-state index contributed by atoms with van der Waals surface area (Å²) in [7, 11) is 0. The molecule has 2 atom stereocenters. The lowest BCUT2D eigenvalue weighted by Crippen LogP contribution is -2.37. The number of carbonyl (C=O) groups excluding carboxylic acids is 1. The van der Waals surface area contributed by atoms with Crippen molar-refractivity contribution in [2.24, 2.45) is 0 Å². The molecule has 1 N–H and O–H groups in total. The molecule has 4 rings (SSSR count). The molecule has 1 saturated carbocycles. The molecule has 26 heavy (non-hydrogen) atoms. The number of nitrogens with one attached hydrogen (secondary N) is 1. The number of benzene rings is 1. The highest BCUT2D eigenvalue weighted by molar-refractivity contribution is 8.00. The first-order valence-electron chi connectivity index (χ1n) is 9.21. The summed E-state index contributed by atoms with van der Waals surface area (Å²) in [6, 6.07) is 7.61. The van der Waals surface area contributed by atoms with Crippen LogP contribution in [0.5, 0.6) is 0 Å². The quantitative estimate of drug-likeness (QED) is 0.622. The predicted octanol–water partition coefficient (Wildman–Crippen LogP) is 2.51. The average molecular weight is 373 g/mol. The van der Waals surface area contributed by atoms with Gasteiger partial charge in [0.1, 0.15) is 0 Å². The molecule has 1 aromatic carbocycles. The molecule has 1 saturated heterocycles. The Hall–Kier alpha value is -1.86. The smallest absolute Gasteiger partial charge is 0.262 e. The largest absolute Gasteiger partial charge is 0.376 e. The molecule has 2 fully saturated rings. The van der Waals surface area contributed by atoms with E-state index in [2.05, 4.69) is 10.3 Å². The van der Waals surface area contributed by atoms with Crippen molar-refractivity contribution in [2.75, 3.05) is 13.2 Å². The average Bonchev–Trinajstić information content (AvgIpc) is 3.33. The number of amides is 1. The van der Waals surface area contributed by atoms with Crippen LogP contribution in [0.3, 0.4) is 0 Å². The standard InChI is InChI=1S/C19H23N3O3S/c1-12(17(23)20-11-14-5-4-10-25-14)26-19-21-16-7-3-2-6-15(16)18(24)22(19)13-8-9-13/h2-3,6-7,12-14H,4-5,8-11H2,1H3,(H,20,23)/t12-,14+/m1/s1. The molecule has 2 heterocycles. The van der Waals surface area contributed by atoms with E-state index in [1.165, 1.54) is 11.8 Å². The highest BCUT2D eigenvalue weighted by Crippen LogP contribution is 2.37. The van der Waals surface area contributed by atoms with Crippen LogP contribution < -0.4 is 10.9 Å². The maximum Gasteiger partial charge on any atom is 0.262 e. The first-order valence-corrected chi connectivity index (χ1v) is 10.1. The van der Waals surface area contributed by atoms with Gasteiger partial charge in [0.25, 0.3) is 5.56 Å².